The largest absolute Gasteiger partial charge is 0.324 e. The van der Waals surface area contributed by atoms with Gasteiger partial charge in [0.2, 0.25) is 0 Å². The molecule has 7 nitrogen and oxygen atoms in total. The Morgan fingerprint density at radius 3 is 2.92 bits per heavy atom. The number of aryl methyl sites for hydroxylation is 2. The molecule has 134 valence electrons. The van der Waals surface area contributed by atoms with Gasteiger partial charge < -0.3 is 10.2 Å². The summed E-state index contributed by atoms with van der Waals surface area (Å²) in [5.74, 6) is 1.77. The van der Waals surface area contributed by atoms with Crippen LogP contribution in [0.2, 0.25) is 0 Å². The molecule has 2 amide bonds. The van der Waals surface area contributed by atoms with E-state index in [0.717, 1.165) is 53.3 Å². The van der Waals surface area contributed by atoms with Crippen LogP contribution in [0.5, 0.6) is 0 Å². The zero-order valence-electron chi connectivity index (χ0n) is 15.0. The summed E-state index contributed by atoms with van der Waals surface area (Å²) >= 11 is 0. The molecule has 3 aromatic rings. The number of piperidine rings is 1. The van der Waals surface area contributed by atoms with Gasteiger partial charge in [-0.2, -0.15) is 5.10 Å². The minimum Gasteiger partial charge on any atom is -0.324 e. The maximum Gasteiger partial charge on any atom is 0.321 e. The van der Waals surface area contributed by atoms with Crippen LogP contribution in [-0.4, -0.2) is 44.2 Å². The molecule has 0 aliphatic carbocycles. The van der Waals surface area contributed by atoms with E-state index in [-0.39, 0.29) is 11.9 Å². The fraction of sp³-hybridized carbons (Fsp3) is 0.368. The first-order valence-corrected chi connectivity index (χ1v) is 8.91. The lowest BCUT2D eigenvalue weighted by atomic mass is 9.97. The number of fused-ring (bicyclic) bond motifs is 1. The number of rotatable bonds is 2. The third kappa shape index (κ3) is 3.24. The molecule has 4 rings (SSSR count). The van der Waals surface area contributed by atoms with Crippen LogP contribution < -0.4 is 5.32 Å². The maximum atomic E-state index is 12.8. The SMILES string of the molecule is Cc1ccc2cccc(NC(=O)N3CCCC(c4n[nH]c(C)n4)C3)c2n1. The van der Waals surface area contributed by atoms with Gasteiger partial charge in [-0.3, -0.25) is 10.1 Å². The average molecular weight is 350 g/mol. The normalized spacial score (nSPS) is 17.5. The van der Waals surface area contributed by atoms with E-state index in [1.54, 1.807) is 0 Å². The Balaban J connectivity index is 1.52. The number of hydrogen-bond donors (Lipinski definition) is 2. The van der Waals surface area contributed by atoms with Gasteiger partial charge in [0.1, 0.15) is 5.82 Å². The molecule has 1 unspecified atom stereocenters. The quantitative estimate of drug-likeness (QED) is 0.742. The van der Waals surface area contributed by atoms with Crippen LogP contribution in [0.15, 0.2) is 30.3 Å². The summed E-state index contributed by atoms with van der Waals surface area (Å²) in [7, 11) is 0. The molecule has 2 aromatic heterocycles. The van der Waals surface area contributed by atoms with Gasteiger partial charge in [-0.05, 0) is 38.8 Å². The van der Waals surface area contributed by atoms with Crippen molar-refractivity contribution in [2.24, 2.45) is 0 Å². The van der Waals surface area contributed by atoms with Gasteiger partial charge in [0, 0.05) is 30.1 Å². The first kappa shape index (κ1) is 16.5. The fourth-order valence-corrected chi connectivity index (χ4v) is 3.45. The Morgan fingerprint density at radius 1 is 1.23 bits per heavy atom. The molecule has 1 atom stereocenters. The highest BCUT2D eigenvalue weighted by Gasteiger charge is 2.27. The summed E-state index contributed by atoms with van der Waals surface area (Å²) in [6.07, 6.45) is 1.94. The number of hydrogen-bond acceptors (Lipinski definition) is 4. The highest BCUT2D eigenvalue weighted by atomic mass is 16.2. The number of carbonyl (C=O) groups is 1. The number of likely N-dealkylation sites (tertiary alicyclic amines) is 1. The molecule has 7 heteroatoms. The number of amides is 2. The summed E-state index contributed by atoms with van der Waals surface area (Å²) in [6.45, 7) is 5.20. The van der Waals surface area contributed by atoms with Crippen LogP contribution in [-0.2, 0) is 0 Å². The van der Waals surface area contributed by atoms with Gasteiger partial charge in [0.05, 0.1) is 11.2 Å². The summed E-state index contributed by atoms with van der Waals surface area (Å²) in [5.41, 5.74) is 2.49. The van der Waals surface area contributed by atoms with Crippen LogP contribution in [0.25, 0.3) is 10.9 Å². The lowest BCUT2D eigenvalue weighted by Crippen LogP contribution is -2.41. The van der Waals surface area contributed by atoms with E-state index in [0.29, 0.717) is 6.54 Å². The number of para-hydroxylation sites is 1. The number of urea groups is 1. The molecule has 1 saturated heterocycles. The fourth-order valence-electron chi connectivity index (χ4n) is 3.45. The van der Waals surface area contributed by atoms with Crippen LogP contribution in [0.3, 0.4) is 0 Å². The van der Waals surface area contributed by atoms with E-state index in [9.17, 15) is 4.79 Å². The van der Waals surface area contributed by atoms with Gasteiger partial charge in [-0.1, -0.05) is 18.2 Å². The minimum absolute atomic E-state index is 0.0993. The van der Waals surface area contributed by atoms with E-state index in [1.807, 2.05) is 49.1 Å². The molecule has 1 fully saturated rings. The van der Waals surface area contributed by atoms with Crippen LogP contribution in [0, 0.1) is 13.8 Å². The van der Waals surface area contributed by atoms with Gasteiger partial charge >= 0.3 is 6.03 Å². The van der Waals surface area contributed by atoms with Gasteiger partial charge in [0.25, 0.3) is 0 Å². The Hall–Kier alpha value is -2.96. The van der Waals surface area contributed by atoms with Crippen molar-refractivity contribution in [3.63, 3.8) is 0 Å². The number of anilines is 1. The maximum absolute atomic E-state index is 12.8. The second-order valence-corrected chi connectivity index (χ2v) is 6.82. The minimum atomic E-state index is -0.0993. The molecule has 0 bridgehead atoms. The number of carbonyl (C=O) groups excluding carboxylic acids is 1. The number of nitrogens with one attached hydrogen (secondary N) is 2. The molecule has 1 aliphatic rings. The molecule has 1 aliphatic heterocycles. The van der Waals surface area contributed by atoms with Crippen molar-refractivity contribution in [3.8, 4) is 0 Å². The molecule has 2 N–H and O–H groups in total. The van der Waals surface area contributed by atoms with Crippen LogP contribution in [0.4, 0.5) is 10.5 Å². The monoisotopic (exact) mass is 350 g/mol. The predicted octanol–water partition coefficient (Wildman–Crippen LogP) is 3.38. The Morgan fingerprint density at radius 2 is 2.12 bits per heavy atom. The third-order valence-electron chi connectivity index (χ3n) is 4.79. The molecule has 3 heterocycles. The number of aromatic nitrogens is 4. The van der Waals surface area contributed by atoms with Crippen molar-refractivity contribution < 1.29 is 4.79 Å². The number of pyridine rings is 1. The zero-order valence-corrected chi connectivity index (χ0v) is 15.0. The average Bonchev–Trinajstić information content (AvgIpc) is 3.09. The Bertz CT molecular complexity index is 950. The number of aromatic amines is 1. The standard InChI is InChI=1S/C19H22N6O/c1-12-8-9-14-5-3-7-16(17(14)20-12)22-19(26)25-10-4-6-15(11-25)18-21-13(2)23-24-18/h3,5,7-9,15H,4,6,10-11H2,1-2H3,(H,22,26)(H,21,23,24). The van der Waals surface area contributed by atoms with Crippen molar-refractivity contribution in [2.75, 3.05) is 18.4 Å². The van der Waals surface area contributed by atoms with Gasteiger partial charge in [-0.15, -0.1) is 0 Å². The summed E-state index contributed by atoms with van der Waals surface area (Å²) in [5, 5.41) is 11.2. The third-order valence-corrected chi connectivity index (χ3v) is 4.79. The van der Waals surface area contributed by atoms with Gasteiger partial charge in [0.15, 0.2) is 5.82 Å². The second-order valence-electron chi connectivity index (χ2n) is 6.82. The van der Waals surface area contributed by atoms with E-state index >= 15 is 0 Å². The molecule has 26 heavy (non-hydrogen) atoms. The van der Waals surface area contributed by atoms with Crippen LogP contribution >= 0.6 is 0 Å². The Kier molecular flexibility index (Phi) is 4.28. The molecule has 0 saturated carbocycles. The topological polar surface area (TPSA) is 86.8 Å². The molecule has 0 spiro atoms. The summed E-state index contributed by atoms with van der Waals surface area (Å²) in [6, 6.07) is 9.73. The predicted molar refractivity (Wildman–Crippen MR) is 100 cm³/mol. The summed E-state index contributed by atoms with van der Waals surface area (Å²) < 4.78 is 0. The number of nitrogens with zero attached hydrogens (tertiary/aromatic N) is 4. The lowest BCUT2D eigenvalue weighted by Gasteiger charge is -2.31. The van der Waals surface area contributed by atoms with Crippen molar-refractivity contribution in [1.29, 1.82) is 0 Å². The summed E-state index contributed by atoms with van der Waals surface area (Å²) in [4.78, 5) is 23.7. The van der Waals surface area contributed by atoms with E-state index < -0.39 is 0 Å². The van der Waals surface area contributed by atoms with Crippen molar-refractivity contribution >= 4 is 22.6 Å². The first-order chi connectivity index (χ1) is 12.6. The molecular formula is C19H22N6O. The van der Waals surface area contributed by atoms with E-state index in [2.05, 4.69) is 25.5 Å². The lowest BCUT2D eigenvalue weighted by molar-refractivity contribution is 0.191. The van der Waals surface area contributed by atoms with E-state index in [1.165, 1.54) is 0 Å². The van der Waals surface area contributed by atoms with Gasteiger partial charge in [-0.25, -0.2) is 9.78 Å². The highest BCUT2D eigenvalue weighted by Crippen LogP contribution is 2.26. The van der Waals surface area contributed by atoms with Crippen molar-refractivity contribution in [1.82, 2.24) is 25.1 Å². The second kappa shape index (κ2) is 6.74. The molecular weight excluding hydrogens is 328 g/mol. The van der Waals surface area contributed by atoms with Crippen molar-refractivity contribution in [2.45, 2.75) is 32.6 Å². The van der Waals surface area contributed by atoms with Crippen LogP contribution in [0.1, 0.15) is 36.1 Å². The highest BCUT2D eigenvalue weighted by molar-refractivity contribution is 5.99. The zero-order chi connectivity index (χ0) is 18.1. The number of benzene rings is 1. The van der Waals surface area contributed by atoms with E-state index in [4.69, 9.17) is 0 Å². The molecule has 1 aromatic carbocycles. The Labute approximate surface area is 151 Å². The smallest absolute Gasteiger partial charge is 0.321 e. The molecule has 0 radical (unpaired) electrons. The first-order valence-electron chi connectivity index (χ1n) is 8.91. The number of H-pyrrole nitrogens is 1. The van der Waals surface area contributed by atoms with Crippen molar-refractivity contribution in [3.05, 3.63) is 47.7 Å².